The van der Waals surface area contributed by atoms with Crippen molar-refractivity contribution in [3.63, 3.8) is 0 Å². The Labute approximate surface area is 164 Å². The van der Waals surface area contributed by atoms with Gasteiger partial charge in [0.05, 0.1) is 11.0 Å². The molecule has 2 unspecified atom stereocenters. The van der Waals surface area contributed by atoms with Crippen LogP contribution in [0.4, 0.5) is 13.2 Å². The molecule has 1 aliphatic heterocycles. The summed E-state index contributed by atoms with van der Waals surface area (Å²) in [5.41, 5.74) is -1.02. The van der Waals surface area contributed by atoms with Gasteiger partial charge in [-0.3, -0.25) is 4.79 Å². The molecule has 0 aromatic heterocycles. The molecule has 1 aromatic rings. The molecule has 2 fully saturated rings. The number of alkyl halides is 3. The van der Waals surface area contributed by atoms with Crippen molar-refractivity contribution in [3.8, 4) is 0 Å². The van der Waals surface area contributed by atoms with Gasteiger partial charge in [-0.2, -0.15) is 13.2 Å². The number of benzene rings is 1. The zero-order valence-corrected chi connectivity index (χ0v) is 16.4. The number of carbonyl (C=O) groups is 1. The average molecular weight is 405 g/mol. The van der Waals surface area contributed by atoms with Crippen molar-refractivity contribution < 1.29 is 18.0 Å². The largest absolute Gasteiger partial charge is 0.416 e. The lowest BCUT2D eigenvalue weighted by atomic mass is 9.68. The summed E-state index contributed by atoms with van der Waals surface area (Å²) < 4.78 is 39.5. The summed E-state index contributed by atoms with van der Waals surface area (Å²) in [6.07, 6.45) is 0.436. The molecule has 1 saturated heterocycles. The topological polar surface area (TPSA) is 41.1 Å². The minimum atomic E-state index is -4.40. The van der Waals surface area contributed by atoms with Crippen LogP contribution in [0.25, 0.3) is 0 Å². The van der Waals surface area contributed by atoms with Gasteiger partial charge >= 0.3 is 6.18 Å². The highest BCUT2D eigenvalue weighted by atomic mass is 35.5. The molecule has 2 N–H and O–H groups in total. The van der Waals surface area contributed by atoms with Gasteiger partial charge in [0.25, 0.3) is 0 Å². The van der Waals surface area contributed by atoms with Crippen molar-refractivity contribution in [2.45, 2.75) is 63.1 Å². The fraction of sp³-hybridized carbons (Fsp3) is 0.650. The van der Waals surface area contributed by atoms with Gasteiger partial charge < -0.3 is 10.6 Å². The van der Waals surface area contributed by atoms with Gasteiger partial charge in [0, 0.05) is 6.04 Å². The molecule has 3 nitrogen and oxygen atoms in total. The molecule has 7 heteroatoms. The molecule has 3 rings (SSSR count). The number of halogens is 4. The van der Waals surface area contributed by atoms with Crippen LogP contribution < -0.4 is 10.6 Å². The lowest BCUT2D eigenvalue weighted by Crippen LogP contribution is -2.54. The number of hydrogen-bond donors (Lipinski definition) is 2. The Kier molecular flexibility index (Phi) is 7.20. The van der Waals surface area contributed by atoms with Crippen LogP contribution in [0.15, 0.2) is 24.3 Å². The maximum atomic E-state index is 13.3. The van der Waals surface area contributed by atoms with E-state index in [4.69, 9.17) is 0 Å². The Hall–Kier alpha value is -1.27. The molecule has 1 heterocycles. The van der Waals surface area contributed by atoms with E-state index in [1.807, 2.05) is 0 Å². The minimum absolute atomic E-state index is 0. The third kappa shape index (κ3) is 4.77. The van der Waals surface area contributed by atoms with Crippen LogP contribution >= 0.6 is 12.4 Å². The number of amides is 1. The van der Waals surface area contributed by atoms with E-state index in [1.54, 1.807) is 6.07 Å². The monoisotopic (exact) mass is 404 g/mol. The first-order chi connectivity index (χ1) is 12.3. The molecular weight excluding hydrogens is 377 g/mol. The van der Waals surface area contributed by atoms with Crippen molar-refractivity contribution in [1.29, 1.82) is 0 Å². The second-order valence-corrected chi connectivity index (χ2v) is 7.77. The van der Waals surface area contributed by atoms with Gasteiger partial charge in [-0.25, -0.2) is 0 Å². The normalized spacial score (nSPS) is 25.3. The van der Waals surface area contributed by atoms with E-state index in [0.29, 0.717) is 24.3 Å². The Balaban J connectivity index is 0.00000261. The first-order valence-corrected chi connectivity index (χ1v) is 9.52. The molecule has 2 atom stereocenters. The summed E-state index contributed by atoms with van der Waals surface area (Å²) >= 11 is 0. The second kappa shape index (κ2) is 8.82. The summed E-state index contributed by atoms with van der Waals surface area (Å²) in [6.45, 7) is 3.79. The zero-order valence-electron chi connectivity index (χ0n) is 15.6. The number of rotatable bonds is 3. The Morgan fingerprint density at radius 3 is 2.56 bits per heavy atom. The third-order valence-electron chi connectivity index (χ3n) is 5.99. The van der Waals surface area contributed by atoms with E-state index < -0.39 is 17.2 Å². The van der Waals surface area contributed by atoms with Crippen LogP contribution in [0.5, 0.6) is 0 Å². The van der Waals surface area contributed by atoms with Gasteiger partial charge in [0.15, 0.2) is 0 Å². The third-order valence-corrected chi connectivity index (χ3v) is 5.99. The second-order valence-electron chi connectivity index (χ2n) is 7.77. The van der Waals surface area contributed by atoms with Crippen molar-refractivity contribution in [2.24, 2.45) is 5.92 Å². The average Bonchev–Trinajstić information content (AvgIpc) is 2.63. The molecule has 152 valence electrons. The molecule has 2 aliphatic rings. The number of carbonyl (C=O) groups excluding carboxylic acids is 1. The fourth-order valence-electron chi connectivity index (χ4n) is 4.33. The molecule has 1 amide bonds. The molecular formula is C20H28ClF3N2O. The van der Waals surface area contributed by atoms with Gasteiger partial charge in [0.2, 0.25) is 5.91 Å². The first kappa shape index (κ1) is 22.0. The van der Waals surface area contributed by atoms with Crippen LogP contribution in [0.3, 0.4) is 0 Å². The quantitative estimate of drug-likeness (QED) is 0.781. The molecule has 1 aliphatic carbocycles. The smallest absolute Gasteiger partial charge is 0.352 e. The van der Waals surface area contributed by atoms with Crippen LogP contribution in [0, 0.1) is 5.92 Å². The summed E-state index contributed by atoms with van der Waals surface area (Å²) in [5, 5.41) is 6.48. The van der Waals surface area contributed by atoms with Gasteiger partial charge in [-0.05, 0) is 49.9 Å². The summed E-state index contributed by atoms with van der Waals surface area (Å²) in [6, 6.07) is 5.44. The maximum absolute atomic E-state index is 13.3. The van der Waals surface area contributed by atoms with E-state index >= 15 is 0 Å². The van der Waals surface area contributed by atoms with Gasteiger partial charge in [-0.15, -0.1) is 12.4 Å². The van der Waals surface area contributed by atoms with Gasteiger partial charge in [-0.1, -0.05) is 44.4 Å². The van der Waals surface area contributed by atoms with Crippen molar-refractivity contribution in [3.05, 3.63) is 35.4 Å². The van der Waals surface area contributed by atoms with E-state index in [1.165, 1.54) is 12.1 Å². The fourth-order valence-corrected chi connectivity index (χ4v) is 4.33. The van der Waals surface area contributed by atoms with E-state index in [-0.39, 0.29) is 24.4 Å². The predicted octanol–water partition coefficient (Wildman–Crippen LogP) is 4.44. The summed E-state index contributed by atoms with van der Waals surface area (Å²) in [5.74, 6) is 0.213. The predicted molar refractivity (Wildman–Crippen MR) is 102 cm³/mol. The Morgan fingerprint density at radius 2 is 1.93 bits per heavy atom. The first-order valence-electron chi connectivity index (χ1n) is 9.52. The molecule has 27 heavy (non-hydrogen) atoms. The highest BCUT2D eigenvalue weighted by Crippen LogP contribution is 2.42. The number of hydrogen-bond acceptors (Lipinski definition) is 2. The van der Waals surface area contributed by atoms with Crippen LogP contribution in [-0.2, 0) is 16.4 Å². The maximum Gasteiger partial charge on any atom is 0.416 e. The lowest BCUT2D eigenvalue weighted by molar-refractivity contribution is -0.138. The highest BCUT2D eigenvalue weighted by Gasteiger charge is 2.43. The molecule has 1 saturated carbocycles. The van der Waals surface area contributed by atoms with E-state index in [9.17, 15) is 18.0 Å². The minimum Gasteiger partial charge on any atom is -0.352 e. The summed E-state index contributed by atoms with van der Waals surface area (Å²) in [7, 11) is 0. The molecule has 0 bridgehead atoms. The van der Waals surface area contributed by atoms with E-state index in [0.717, 1.165) is 44.8 Å². The zero-order chi connectivity index (χ0) is 18.8. The summed E-state index contributed by atoms with van der Waals surface area (Å²) in [4.78, 5) is 13.3. The Bertz CT molecular complexity index is 644. The van der Waals surface area contributed by atoms with Crippen LogP contribution in [0.1, 0.15) is 56.6 Å². The SMILES string of the molecule is CC1CNCCC1NC(=O)C1(c2cccc(C(F)(F)F)c2)CCCCC1.Cl. The standard InChI is InChI=1S/C20H27F3N2O.ClH/c1-14-13-24-11-8-17(14)25-18(26)19(9-3-2-4-10-19)15-6-5-7-16(12-15)20(21,22)23;/h5-7,12,14,17,24H,2-4,8-11,13H2,1H3,(H,25,26);1H. The molecule has 0 radical (unpaired) electrons. The van der Waals surface area contributed by atoms with Crippen LogP contribution in [-0.4, -0.2) is 25.0 Å². The van der Waals surface area contributed by atoms with Gasteiger partial charge in [0.1, 0.15) is 0 Å². The number of piperidine rings is 1. The van der Waals surface area contributed by atoms with Crippen molar-refractivity contribution >= 4 is 18.3 Å². The van der Waals surface area contributed by atoms with Crippen molar-refractivity contribution in [2.75, 3.05) is 13.1 Å². The van der Waals surface area contributed by atoms with E-state index in [2.05, 4.69) is 17.6 Å². The Morgan fingerprint density at radius 1 is 1.22 bits per heavy atom. The lowest BCUT2D eigenvalue weighted by Gasteiger charge is -2.39. The number of nitrogens with one attached hydrogen (secondary N) is 2. The molecule has 0 spiro atoms. The highest BCUT2D eigenvalue weighted by molar-refractivity contribution is 5.88. The van der Waals surface area contributed by atoms with Crippen LogP contribution in [0.2, 0.25) is 0 Å². The molecule has 1 aromatic carbocycles. The van der Waals surface area contributed by atoms with Crippen molar-refractivity contribution in [1.82, 2.24) is 10.6 Å².